The number of aromatic hydroxyl groups is 1. The summed E-state index contributed by atoms with van der Waals surface area (Å²) in [5.74, 6) is 0.341. The molecular weight excluding hydrogens is 400 g/mol. The molecule has 3 heteroatoms. The van der Waals surface area contributed by atoms with E-state index >= 15 is 0 Å². The topological polar surface area (TPSA) is 20.2 Å². The number of phenolic OH excluding ortho intramolecular Hbond substituents is 1. The van der Waals surface area contributed by atoms with Gasteiger partial charge < -0.3 is 0 Å². The molecule has 3 aromatic rings. The number of hydrogen-bond acceptors (Lipinski definition) is 1. The summed E-state index contributed by atoms with van der Waals surface area (Å²) in [6.07, 6.45) is 0. The van der Waals surface area contributed by atoms with Gasteiger partial charge in [0.2, 0.25) is 0 Å². The number of halogens is 1. The van der Waals surface area contributed by atoms with Crippen molar-refractivity contribution in [1.29, 1.82) is 0 Å². The molecule has 19 heavy (non-hydrogen) atoms. The molecular formula is C16H12IOZn. The molecule has 0 bridgehead atoms. The Morgan fingerprint density at radius 2 is 1.47 bits per heavy atom. The van der Waals surface area contributed by atoms with Crippen molar-refractivity contribution in [2.24, 2.45) is 0 Å². The van der Waals surface area contributed by atoms with Crippen LogP contribution < -0.4 is 4.16 Å². The van der Waals surface area contributed by atoms with Gasteiger partial charge in [0.25, 0.3) is 0 Å². The second kappa shape index (κ2) is 6.02. The van der Waals surface area contributed by atoms with Crippen LogP contribution in [0.1, 0.15) is 0 Å². The van der Waals surface area contributed by atoms with E-state index in [1.54, 1.807) is 6.07 Å². The first-order valence-electron chi connectivity index (χ1n) is 5.89. The molecule has 0 atom stereocenters. The number of benzene rings is 3. The molecule has 3 rings (SSSR count). The van der Waals surface area contributed by atoms with Gasteiger partial charge in [0.15, 0.2) is 0 Å². The van der Waals surface area contributed by atoms with Gasteiger partial charge in [-0.15, -0.1) is 24.0 Å². The van der Waals surface area contributed by atoms with Gasteiger partial charge in [-0.3, -0.25) is 0 Å². The minimum absolute atomic E-state index is 0. The van der Waals surface area contributed by atoms with E-state index in [0.29, 0.717) is 5.75 Å². The quantitative estimate of drug-likeness (QED) is 0.473. The molecule has 0 aliphatic rings. The van der Waals surface area contributed by atoms with Crippen LogP contribution in [0.15, 0.2) is 60.7 Å². The Bertz CT molecular complexity index is 708. The average molecular weight is 413 g/mol. The minimum atomic E-state index is 0. The van der Waals surface area contributed by atoms with Gasteiger partial charge in [-0.05, 0) is 0 Å². The fourth-order valence-electron chi connectivity index (χ4n) is 2.23. The molecule has 1 N–H and O–H groups in total. The number of rotatable bonds is 1. The average Bonchev–Trinajstić information content (AvgIpc) is 2.40. The van der Waals surface area contributed by atoms with Crippen LogP contribution >= 0.6 is 24.0 Å². The van der Waals surface area contributed by atoms with Crippen molar-refractivity contribution < 1.29 is 23.4 Å². The van der Waals surface area contributed by atoms with Gasteiger partial charge in [-0.2, -0.15) is 0 Å². The van der Waals surface area contributed by atoms with Gasteiger partial charge >= 0.3 is 116 Å². The van der Waals surface area contributed by atoms with E-state index in [2.05, 4.69) is 36.4 Å². The van der Waals surface area contributed by atoms with Crippen molar-refractivity contribution in [3.8, 4) is 16.9 Å². The van der Waals surface area contributed by atoms with E-state index in [9.17, 15) is 5.11 Å². The Morgan fingerprint density at radius 3 is 2.21 bits per heavy atom. The fourth-order valence-corrected chi connectivity index (χ4v) is 2.73. The van der Waals surface area contributed by atoms with Crippen LogP contribution in [-0.4, -0.2) is 5.11 Å². The van der Waals surface area contributed by atoms with Crippen molar-refractivity contribution in [3.63, 3.8) is 0 Å². The van der Waals surface area contributed by atoms with Gasteiger partial charge in [-0.1, -0.05) is 0 Å². The molecule has 3 aromatic carbocycles. The summed E-state index contributed by atoms with van der Waals surface area (Å²) in [5, 5.41) is 12.4. The summed E-state index contributed by atoms with van der Waals surface area (Å²) in [6, 6.07) is 20.3. The molecule has 0 saturated heterocycles. The Morgan fingerprint density at radius 1 is 0.789 bits per heavy atom. The van der Waals surface area contributed by atoms with Crippen LogP contribution in [-0.2, 0) is 18.3 Å². The van der Waals surface area contributed by atoms with Crippen molar-refractivity contribution in [2.45, 2.75) is 0 Å². The molecule has 0 fully saturated rings. The van der Waals surface area contributed by atoms with Crippen LogP contribution in [0.25, 0.3) is 21.9 Å². The van der Waals surface area contributed by atoms with Crippen LogP contribution in [0.4, 0.5) is 0 Å². The second-order valence-corrected chi connectivity index (χ2v) is 6.09. The molecule has 0 aliphatic carbocycles. The molecule has 0 saturated carbocycles. The zero-order chi connectivity index (χ0) is 12.5. The Labute approximate surface area is 139 Å². The van der Waals surface area contributed by atoms with E-state index in [4.69, 9.17) is 0 Å². The van der Waals surface area contributed by atoms with Crippen LogP contribution in [0.5, 0.6) is 5.75 Å². The van der Waals surface area contributed by atoms with E-state index in [0.717, 1.165) is 40.2 Å². The van der Waals surface area contributed by atoms with Gasteiger partial charge in [0.05, 0.1) is 0 Å². The molecule has 1 nitrogen and oxygen atoms in total. The first-order chi connectivity index (χ1) is 8.75. The Hall–Kier alpha value is -0.927. The molecule has 0 aliphatic heterocycles. The number of hydrogen-bond donors (Lipinski definition) is 1. The van der Waals surface area contributed by atoms with E-state index in [-0.39, 0.29) is 24.0 Å². The summed E-state index contributed by atoms with van der Waals surface area (Å²) < 4.78 is 1.35. The summed E-state index contributed by atoms with van der Waals surface area (Å²) in [7, 11) is 0. The van der Waals surface area contributed by atoms with E-state index < -0.39 is 0 Å². The summed E-state index contributed by atoms with van der Waals surface area (Å²) in [4.78, 5) is 0. The maximum atomic E-state index is 10.1. The zero-order valence-electron chi connectivity index (χ0n) is 10.3. The standard InChI is InChI=1S/C16H11O.HI.Zn/c17-15-11-10-12-6-4-5-9-14(12)16(15)13-7-2-1-3-8-13;;/h2-11,17H;1H;. The van der Waals surface area contributed by atoms with E-state index in [1.807, 2.05) is 18.2 Å². The third kappa shape index (κ3) is 2.82. The number of fused-ring (bicyclic) bond motifs is 1. The Kier molecular flexibility index (Phi) is 4.59. The molecule has 0 radical (unpaired) electrons. The molecule has 0 spiro atoms. The predicted molar refractivity (Wildman–Crippen MR) is 86.1 cm³/mol. The SMILES string of the molecule is I.Oc1ccc2ccccc2c1-c1cc[c]([Zn])cc1. The van der Waals surface area contributed by atoms with Crippen LogP contribution in [0.2, 0.25) is 0 Å². The summed E-state index contributed by atoms with van der Waals surface area (Å²) >= 11 is 1.15. The van der Waals surface area contributed by atoms with Gasteiger partial charge in [-0.25, -0.2) is 0 Å². The Balaban J connectivity index is 0.00000133. The fraction of sp³-hybridized carbons (Fsp3) is 0. The van der Waals surface area contributed by atoms with Crippen molar-refractivity contribution in [3.05, 3.63) is 60.7 Å². The van der Waals surface area contributed by atoms with Crippen LogP contribution in [0.3, 0.4) is 0 Å². The molecule has 91 valence electrons. The summed E-state index contributed by atoms with van der Waals surface area (Å²) in [5.41, 5.74) is 2.00. The van der Waals surface area contributed by atoms with Crippen LogP contribution in [0, 0.1) is 0 Å². The van der Waals surface area contributed by atoms with E-state index in [1.165, 1.54) is 4.16 Å². The molecule has 0 unspecified atom stereocenters. The van der Waals surface area contributed by atoms with Gasteiger partial charge in [0, 0.05) is 0 Å². The zero-order valence-corrected chi connectivity index (χ0v) is 15.6. The first-order valence-corrected chi connectivity index (χ1v) is 7.37. The third-order valence-corrected chi connectivity index (χ3v) is 4.14. The third-order valence-electron chi connectivity index (χ3n) is 3.15. The van der Waals surface area contributed by atoms with Crippen molar-refractivity contribution in [2.75, 3.05) is 0 Å². The molecule has 0 heterocycles. The predicted octanol–water partition coefficient (Wildman–Crippen LogP) is 4.00. The second-order valence-electron chi connectivity index (χ2n) is 4.38. The monoisotopic (exact) mass is 411 g/mol. The summed E-state index contributed by atoms with van der Waals surface area (Å²) in [6.45, 7) is 0. The van der Waals surface area contributed by atoms with Gasteiger partial charge in [0.1, 0.15) is 0 Å². The normalized spacial score (nSPS) is 10.2. The number of phenols is 1. The first kappa shape index (κ1) is 14.5. The molecule has 0 aromatic heterocycles. The molecule has 0 amide bonds. The maximum absolute atomic E-state index is 10.1. The van der Waals surface area contributed by atoms with Crippen molar-refractivity contribution >= 4 is 38.9 Å². The van der Waals surface area contributed by atoms with Crippen molar-refractivity contribution in [1.82, 2.24) is 0 Å².